The molecule has 0 aliphatic heterocycles. The van der Waals surface area contributed by atoms with Gasteiger partial charge in [0.05, 0.1) is 0 Å². The van der Waals surface area contributed by atoms with Crippen LogP contribution >= 0.6 is 11.6 Å². The first kappa shape index (κ1) is 13.3. The summed E-state index contributed by atoms with van der Waals surface area (Å²) in [5, 5.41) is 0.387. The lowest BCUT2D eigenvalue weighted by Crippen LogP contribution is -2.37. The highest BCUT2D eigenvalue weighted by molar-refractivity contribution is 6.29. The van der Waals surface area contributed by atoms with Crippen LogP contribution in [0.5, 0.6) is 0 Å². The van der Waals surface area contributed by atoms with Crippen molar-refractivity contribution in [2.45, 2.75) is 33.1 Å². The molecule has 0 aromatic carbocycles. The molecule has 3 nitrogen and oxygen atoms in total. The van der Waals surface area contributed by atoms with Crippen LogP contribution in [0.25, 0.3) is 0 Å². The van der Waals surface area contributed by atoms with Crippen molar-refractivity contribution in [3.8, 4) is 0 Å². The van der Waals surface area contributed by atoms with Crippen molar-refractivity contribution in [3.05, 3.63) is 28.5 Å². The third kappa shape index (κ3) is 3.02. The molecule has 1 aromatic rings. The van der Waals surface area contributed by atoms with E-state index >= 15 is 0 Å². The maximum absolute atomic E-state index is 12.4. The van der Waals surface area contributed by atoms with E-state index in [-0.39, 0.29) is 5.91 Å². The quantitative estimate of drug-likeness (QED) is 0.784. The van der Waals surface area contributed by atoms with Gasteiger partial charge in [-0.15, -0.1) is 0 Å². The second-order valence-electron chi connectivity index (χ2n) is 4.96. The number of carbonyl (C=O) groups excluding carboxylic acids is 1. The monoisotopic (exact) mass is 266 g/mol. The zero-order chi connectivity index (χ0) is 13.1. The van der Waals surface area contributed by atoms with E-state index in [1.165, 1.54) is 19.3 Å². The lowest BCUT2D eigenvalue weighted by molar-refractivity contribution is 0.0706. The highest BCUT2D eigenvalue weighted by Gasteiger charge is 2.23. The van der Waals surface area contributed by atoms with E-state index in [0.29, 0.717) is 16.6 Å². The Morgan fingerprint density at radius 3 is 2.72 bits per heavy atom. The molecule has 18 heavy (non-hydrogen) atoms. The number of amides is 1. The van der Waals surface area contributed by atoms with Gasteiger partial charge in [0.25, 0.3) is 5.91 Å². The van der Waals surface area contributed by atoms with Gasteiger partial charge in [0, 0.05) is 24.3 Å². The van der Waals surface area contributed by atoms with Gasteiger partial charge in [0.1, 0.15) is 5.15 Å². The van der Waals surface area contributed by atoms with Gasteiger partial charge in [0.15, 0.2) is 0 Å². The van der Waals surface area contributed by atoms with E-state index in [2.05, 4.69) is 4.98 Å². The summed E-state index contributed by atoms with van der Waals surface area (Å²) in [5.41, 5.74) is 1.43. The summed E-state index contributed by atoms with van der Waals surface area (Å²) in [7, 11) is 0. The number of hydrogen-bond donors (Lipinski definition) is 0. The zero-order valence-electron chi connectivity index (χ0n) is 10.9. The molecule has 0 N–H and O–H groups in total. The Morgan fingerprint density at radius 1 is 1.50 bits per heavy atom. The summed E-state index contributed by atoms with van der Waals surface area (Å²) in [5.74, 6) is 0.754. The SMILES string of the molecule is CCN(CC1CCC1)C(=O)c1cc(C)nc(Cl)c1. The van der Waals surface area contributed by atoms with Crippen molar-refractivity contribution >= 4 is 17.5 Å². The number of halogens is 1. The molecule has 0 unspecified atom stereocenters. The minimum Gasteiger partial charge on any atom is -0.339 e. The summed E-state index contributed by atoms with van der Waals surface area (Å²) >= 11 is 5.90. The first-order valence-electron chi connectivity index (χ1n) is 6.53. The average Bonchev–Trinajstić information content (AvgIpc) is 2.26. The fraction of sp³-hybridized carbons (Fsp3) is 0.571. The normalized spacial score (nSPS) is 15.3. The van der Waals surface area contributed by atoms with E-state index in [4.69, 9.17) is 11.6 Å². The van der Waals surface area contributed by atoms with Crippen LogP contribution in [0.3, 0.4) is 0 Å². The van der Waals surface area contributed by atoms with Crippen LogP contribution in [0.2, 0.25) is 5.15 Å². The first-order chi connectivity index (χ1) is 8.60. The molecule has 98 valence electrons. The summed E-state index contributed by atoms with van der Waals surface area (Å²) in [6.07, 6.45) is 3.80. The molecular formula is C14H19ClN2O. The van der Waals surface area contributed by atoms with E-state index in [1.54, 1.807) is 12.1 Å². The van der Waals surface area contributed by atoms with Crippen LogP contribution in [0.1, 0.15) is 42.2 Å². The number of rotatable bonds is 4. The summed E-state index contributed by atoms with van der Waals surface area (Å²) in [4.78, 5) is 18.4. The standard InChI is InChI=1S/C14H19ClN2O/c1-3-17(9-11-5-4-6-11)14(18)12-7-10(2)16-13(15)8-12/h7-8,11H,3-6,9H2,1-2H3. The van der Waals surface area contributed by atoms with Crippen molar-refractivity contribution in [1.29, 1.82) is 0 Å². The summed E-state index contributed by atoms with van der Waals surface area (Å²) in [6.45, 7) is 5.49. The molecule has 0 bridgehead atoms. The fourth-order valence-electron chi connectivity index (χ4n) is 2.28. The van der Waals surface area contributed by atoms with Gasteiger partial charge in [0.2, 0.25) is 0 Å². The van der Waals surface area contributed by atoms with Gasteiger partial charge in [-0.2, -0.15) is 0 Å². The summed E-state index contributed by atoms with van der Waals surface area (Å²) < 4.78 is 0. The average molecular weight is 267 g/mol. The molecule has 0 radical (unpaired) electrons. The van der Waals surface area contributed by atoms with Gasteiger partial charge in [-0.25, -0.2) is 4.98 Å². The molecule has 1 amide bonds. The molecule has 1 aliphatic carbocycles. The fourth-order valence-corrected chi connectivity index (χ4v) is 2.53. The van der Waals surface area contributed by atoms with Crippen molar-refractivity contribution in [2.24, 2.45) is 5.92 Å². The summed E-state index contributed by atoms with van der Waals surface area (Å²) in [6, 6.07) is 3.46. The Labute approximate surface area is 113 Å². The Morgan fingerprint density at radius 2 is 2.22 bits per heavy atom. The largest absolute Gasteiger partial charge is 0.339 e. The van der Waals surface area contributed by atoms with E-state index in [1.807, 2.05) is 18.7 Å². The highest BCUT2D eigenvalue weighted by atomic mass is 35.5. The molecule has 1 saturated carbocycles. The van der Waals surface area contributed by atoms with Gasteiger partial charge in [-0.3, -0.25) is 4.79 Å². The smallest absolute Gasteiger partial charge is 0.254 e. The lowest BCUT2D eigenvalue weighted by atomic mass is 9.85. The van der Waals surface area contributed by atoms with E-state index in [0.717, 1.165) is 18.8 Å². The molecule has 0 saturated heterocycles. The topological polar surface area (TPSA) is 33.2 Å². The van der Waals surface area contributed by atoms with Crippen LogP contribution in [-0.4, -0.2) is 28.9 Å². The number of aromatic nitrogens is 1. The van der Waals surface area contributed by atoms with Crippen molar-refractivity contribution in [1.82, 2.24) is 9.88 Å². The van der Waals surface area contributed by atoms with Crippen molar-refractivity contribution in [2.75, 3.05) is 13.1 Å². The third-order valence-electron chi connectivity index (χ3n) is 3.54. The van der Waals surface area contributed by atoms with Crippen LogP contribution < -0.4 is 0 Å². The van der Waals surface area contributed by atoms with E-state index in [9.17, 15) is 4.79 Å². The second kappa shape index (κ2) is 5.70. The molecule has 2 rings (SSSR count). The zero-order valence-corrected chi connectivity index (χ0v) is 11.7. The van der Waals surface area contributed by atoms with Crippen molar-refractivity contribution in [3.63, 3.8) is 0 Å². The minimum absolute atomic E-state index is 0.0665. The third-order valence-corrected chi connectivity index (χ3v) is 3.73. The number of nitrogens with zero attached hydrogens (tertiary/aromatic N) is 2. The second-order valence-corrected chi connectivity index (χ2v) is 5.35. The predicted octanol–water partition coefficient (Wildman–Crippen LogP) is 3.31. The number of carbonyl (C=O) groups is 1. The predicted molar refractivity (Wildman–Crippen MR) is 72.9 cm³/mol. The first-order valence-corrected chi connectivity index (χ1v) is 6.91. The number of aryl methyl sites for hydroxylation is 1. The van der Waals surface area contributed by atoms with E-state index < -0.39 is 0 Å². The molecule has 4 heteroatoms. The Bertz CT molecular complexity index is 423. The number of hydrogen-bond acceptors (Lipinski definition) is 2. The number of pyridine rings is 1. The lowest BCUT2D eigenvalue weighted by Gasteiger charge is -2.31. The van der Waals surface area contributed by atoms with Gasteiger partial charge in [-0.05, 0) is 44.7 Å². The molecule has 1 aliphatic rings. The molecule has 1 aromatic heterocycles. The van der Waals surface area contributed by atoms with Crippen LogP contribution in [0.4, 0.5) is 0 Å². The van der Waals surface area contributed by atoms with Gasteiger partial charge >= 0.3 is 0 Å². The van der Waals surface area contributed by atoms with Crippen LogP contribution in [0, 0.1) is 12.8 Å². The van der Waals surface area contributed by atoms with Crippen LogP contribution in [0.15, 0.2) is 12.1 Å². The minimum atomic E-state index is 0.0665. The Kier molecular flexibility index (Phi) is 4.23. The molecule has 0 atom stereocenters. The molecule has 0 spiro atoms. The molecule has 1 fully saturated rings. The maximum Gasteiger partial charge on any atom is 0.254 e. The van der Waals surface area contributed by atoms with Gasteiger partial charge < -0.3 is 4.90 Å². The Balaban J connectivity index is 2.11. The van der Waals surface area contributed by atoms with Gasteiger partial charge in [-0.1, -0.05) is 18.0 Å². The van der Waals surface area contributed by atoms with Crippen molar-refractivity contribution < 1.29 is 4.79 Å². The van der Waals surface area contributed by atoms with Crippen LogP contribution in [-0.2, 0) is 0 Å². The molecular weight excluding hydrogens is 248 g/mol. The highest BCUT2D eigenvalue weighted by Crippen LogP contribution is 2.27. The maximum atomic E-state index is 12.4. The Hall–Kier alpha value is -1.09. The molecule has 1 heterocycles.